The predicted molar refractivity (Wildman–Crippen MR) is 95.1 cm³/mol. The first kappa shape index (κ1) is 17.3. The van der Waals surface area contributed by atoms with Crippen LogP contribution in [0.1, 0.15) is 12.7 Å². The summed E-state index contributed by atoms with van der Waals surface area (Å²) in [4.78, 5) is 21.3. The third kappa shape index (κ3) is 3.07. The zero-order valence-corrected chi connectivity index (χ0v) is 15.4. The van der Waals surface area contributed by atoms with Crippen LogP contribution < -0.4 is 15.2 Å². The van der Waals surface area contributed by atoms with E-state index in [4.69, 9.17) is 5.73 Å². The largest absolute Gasteiger partial charge is 0.381 e. The first-order chi connectivity index (χ1) is 12.0. The number of nitrogen functional groups attached to an aromatic ring is 1. The number of aromatic nitrogens is 4. The number of nitrogens with two attached hydrogens (primary N) is 1. The first-order valence-electron chi connectivity index (χ1n) is 7.62. The summed E-state index contributed by atoms with van der Waals surface area (Å²) in [6, 6.07) is 4.63. The summed E-state index contributed by atoms with van der Waals surface area (Å²) in [5.74, 6) is 0.934. The molecule has 2 aromatic heterocycles. The molecule has 0 aliphatic heterocycles. The second-order valence-electron chi connectivity index (χ2n) is 5.49. The molecule has 0 spiro atoms. The highest BCUT2D eigenvalue weighted by Crippen LogP contribution is 2.22. The van der Waals surface area contributed by atoms with Crippen molar-refractivity contribution in [2.75, 3.05) is 10.6 Å². The molecule has 2 N–H and O–H groups in total. The Bertz CT molecular complexity index is 957. The lowest BCUT2D eigenvalue weighted by Crippen LogP contribution is -2.38. The molecule has 1 aromatic carbocycles. The van der Waals surface area contributed by atoms with Gasteiger partial charge < -0.3 is 5.73 Å². The van der Waals surface area contributed by atoms with Crippen LogP contribution in [0, 0.1) is 5.82 Å². The Labute approximate surface area is 152 Å². The van der Waals surface area contributed by atoms with Crippen LogP contribution in [0.4, 0.5) is 16.0 Å². The number of nitrogens with zero attached hydrogens (tertiary/aromatic N) is 5. The third-order valence-electron chi connectivity index (χ3n) is 4.07. The average molecular weight is 408 g/mol. The van der Waals surface area contributed by atoms with Gasteiger partial charge in [0.1, 0.15) is 17.0 Å². The monoisotopic (exact) mass is 407 g/mol. The Balaban J connectivity index is 2.11. The number of halogens is 2. The molecule has 0 atom stereocenters. The van der Waals surface area contributed by atoms with Gasteiger partial charge in [0, 0.05) is 6.07 Å². The van der Waals surface area contributed by atoms with E-state index < -0.39 is 0 Å². The van der Waals surface area contributed by atoms with Crippen molar-refractivity contribution in [2.45, 2.75) is 20.0 Å². The Morgan fingerprint density at radius 2 is 2.24 bits per heavy atom. The minimum Gasteiger partial charge on any atom is -0.381 e. The zero-order valence-electron chi connectivity index (χ0n) is 13.8. The Morgan fingerprint density at radius 3 is 2.92 bits per heavy atom. The zero-order chi connectivity index (χ0) is 18.1. The Kier molecular flexibility index (Phi) is 4.67. The van der Waals surface area contributed by atoms with Crippen molar-refractivity contribution in [3.63, 3.8) is 0 Å². The fourth-order valence-corrected chi connectivity index (χ4v) is 3.16. The van der Waals surface area contributed by atoms with E-state index in [0.717, 1.165) is 16.9 Å². The van der Waals surface area contributed by atoms with Crippen molar-refractivity contribution in [3.05, 3.63) is 40.6 Å². The second kappa shape index (κ2) is 6.75. The molecule has 0 saturated carbocycles. The van der Waals surface area contributed by atoms with E-state index in [0.29, 0.717) is 17.6 Å². The van der Waals surface area contributed by atoms with Crippen molar-refractivity contribution in [3.8, 4) is 0 Å². The molecule has 0 bridgehead atoms. The highest BCUT2D eigenvalue weighted by atomic mass is 79.9. The first-order valence-corrected chi connectivity index (χ1v) is 8.42. The number of fused-ring (bicyclic) bond motifs is 1. The molecule has 0 aliphatic rings. The fraction of sp³-hybridized carbons (Fsp3) is 0.250. The summed E-state index contributed by atoms with van der Waals surface area (Å²) in [6.07, 6.45) is 2.12. The number of hydrogen-bond acceptors (Lipinski definition) is 4. The van der Waals surface area contributed by atoms with Crippen molar-refractivity contribution in [1.29, 1.82) is 0 Å². The van der Waals surface area contributed by atoms with Crippen molar-refractivity contribution >= 4 is 45.0 Å². The van der Waals surface area contributed by atoms with Crippen LogP contribution in [-0.2, 0) is 24.9 Å². The molecule has 9 heteroatoms. The molecule has 1 amide bonds. The van der Waals surface area contributed by atoms with Gasteiger partial charge in [0.2, 0.25) is 6.41 Å². The van der Waals surface area contributed by atoms with Gasteiger partial charge in [0.15, 0.2) is 22.7 Å². The van der Waals surface area contributed by atoms with Gasteiger partial charge in [-0.05, 0) is 35.0 Å². The predicted octanol–water partition coefficient (Wildman–Crippen LogP) is 1.92. The topological polar surface area (TPSA) is 80.9 Å². The molecule has 25 heavy (non-hydrogen) atoms. The lowest BCUT2D eigenvalue weighted by atomic mass is 10.3. The Hall–Kier alpha value is -2.55. The summed E-state index contributed by atoms with van der Waals surface area (Å²) in [6.45, 7) is 2.81. The summed E-state index contributed by atoms with van der Waals surface area (Å²) < 4.78 is 18.0. The molecule has 0 fully saturated rings. The normalized spacial score (nSPS) is 11.0. The molecule has 3 aromatic rings. The van der Waals surface area contributed by atoms with Crippen molar-refractivity contribution in [2.24, 2.45) is 7.05 Å². The van der Waals surface area contributed by atoms with Crippen LogP contribution >= 0.6 is 15.9 Å². The number of amides is 1. The van der Waals surface area contributed by atoms with Crippen LogP contribution in [0.25, 0.3) is 11.0 Å². The summed E-state index contributed by atoms with van der Waals surface area (Å²) in [5.41, 5.74) is 7.50. The highest BCUT2D eigenvalue weighted by Gasteiger charge is 2.26. The number of carbonyl (C=O) groups excluding carboxylic acids is 1. The molecule has 0 saturated heterocycles. The van der Waals surface area contributed by atoms with Crippen molar-refractivity contribution < 1.29 is 13.8 Å². The van der Waals surface area contributed by atoms with E-state index in [9.17, 15) is 9.18 Å². The van der Waals surface area contributed by atoms with E-state index in [2.05, 4.69) is 25.9 Å². The SMILES string of the molecule is CCn1c(CN(C=O)c2nc(Br)cnc2N)[n+](C)c2ccc(F)cc21. The minimum absolute atomic E-state index is 0.156. The maximum absolute atomic E-state index is 13.7. The number of aryl methyl sites for hydroxylation is 2. The summed E-state index contributed by atoms with van der Waals surface area (Å²) >= 11 is 3.23. The van der Waals surface area contributed by atoms with Gasteiger partial charge >= 0.3 is 0 Å². The molecule has 7 nitrogen and oxygen atoms in total. The molecule has 3 rings (SSSR count). The smallest absolute Gasteiger partial charge is 0.277 e. The molecule has 130 valence electrons. The minimum atomic E-state index is -0.304. The molecule has 2 heterocycles. The van der Waals surface area contributed by atoms with Crippen LogP contribution in [0.3, 0.4) is 0 Å². The summed E-state index contributed by atoms with van der Waals surface area (Å²) in [7, 11) is 1.88. The average Bonchev–Trinajstić information content (AvgIpc) is 2.85. The molecule has 0 unspecified atom stereocenters. The number of imidazole rings is 1. The van der Waals surface area contributed by atoms with Gasteiger partial charge in [0.05, 0.1) is 19.8 Å². The van der Waals surface area contributed by atoms with Gasteiger partial charge in [-0.3, -0.25) is 9.69 Å². The lowest BCUT2D eigenvalue weighted by molar-refractivity contribution is -0.653. The number of carbonyl (C=O) groups is 1. The molecule has 0 radical (unpaired) electrons. The number of anilines is 2. The van der Waals surface area contributed by atoms with Gasteiger partial charge in [-0.1, -0.05) is 0 Å². The second-order valence-corrected chi connectivity index (χ2v) is 6.30. The lowest BCUT2D eigenvalue weighted by Gasteiger charge is -2.16. The number of benzene rings is 1. The van der Waals surface area contributed by atoms with E-state index in [-0.39, 0.29) is 24.0 Å². The van der Waals surface area contributed by atoms with E-state index in [1.54, 1.807) is 6.07 Å². The molecular weight excluding hydrogens is 391 g/mol. The fourth-order valence-electron chi connectivity index (χ4n) is 2.89. The van der Waals surface area contributed by atoms with E-state index >= 15 is 0 Å². The molecular formula is C16H17BrFN6O+. The quantitative estimate of drug-likeness (QED) is 0.517. The maximum atomic E-state index is 13.7. The van der Waals surface area contributed by atoms with Crippen LogP contribution in [0.15, 0.2) is 29.0 Å². The number of rotatable bonds is 5. The third-order valence-corrected chi connectivity index (χ3v) is 4.45. The summed E-state index contributed by atoms with van der Waals surface area (Å²) in [5, 5.41) is 0. The standard InChI is InChI=1S/C16H17BrFN6O/c1-3-24-12-6-10(18)4-5-11(12)22(2)14(24)8-23(9-25)16-15(19)20-7-13(17)21-16/h4-7,9H,3,8H2,1-2H3,(H2,19,20)/q+1. The van der Waals surface area contributed by atoms with Crippen LogP contribution in [-0.4, -0.2) is 20.9 Å². The van der Waals surface area contributed by atoms with Crippen LogP contribution in [0.2, 0.25) is 0 Å². The van der Waals surface area contributed by atoms with E-state index in [1.165, 1.54) is 23.2 Å². The Morgan fingerprint density at radius 1 is 1.48 bits per heavy atom. The highest BCUT2D eigenvalue weighted by molar-refractivity contribution is 9.10. The van der Waals surface area contributed by atoms with E-state index in [1.807, 2.05) is 23.1 Å². The maximum Gasteiger partial charge on any atom is 0.277 e. The van der Waals surface area contributed by atoms with Crippen molar-refractivity contribution in [1.82, 2.24) is 14.5 Å². The van der Waals surface area contributed by atoms with Gasteiger partial charge in [0.25, 0.3) is 5.82 Å². The van der Waals surface area contributed by atoms with Gasteiger partial charge in [-0.2, -0.15) is 0 Å². The van der Waals surface area contributed by atoms with Gasteiger partial charge in [-0.15, -0.1) is 0 Å². The molecule has 0 aliphatic carbocycles. The van der Waals surface area contributed by atoms with Crippen LogP contribution in [0.5, 0.6) is 0 Å². The number of hydrogen-bond donors (Lipinski definition) is 1. The van der Waals surface area contributed by atoms with Gasteiger partial charge in [-0.25, -0.2) is 23.5 Å².